The molecule has 5 nitrogen and oxygen atoms in total. The van der Waals surface area contributed by atoms with Crippen LogP contribution in [0, 0.1) is 0 Å². The van der Waals surface area contributed by atoms with Crippen LogP contribution in [0.15, 0.2) is 30.3 Å². The van der Waals surface area contributed by atoms with E-state index in [1.54, 1.807) is 0 Å². The van der Waals surface area contributed by atoms with E-state index in [0.717, 1.165) is 18.4 Å². The molecule has 0 bridgehead atoms. The summed E-state index contributed by atoms with van der Waals surface area (Å²) < 4.78 is 5.30. The van der Waals surface area contributed by atoms with Crippen LogP contribution in [0.2, 0.25) is 0 Å². The normalized spacial score (nSPS) is 17.3. The number of hydrogen-bond acceptors (Lipinski definition) is 3. The molecule has 0 saturated carbocycles. The lowest BCUT2D eigenvalue weighted by Crippen LogP contribution is -2.46. The molecule has 1 atom stereocenters. The van der Waals surface area contributed by atoms with Gasteiger partial charge in [0.15, 0.2) is 0 Å². The number of ether oxygens (including phenoxy) is 1. The van der Waals surface area contributed by atoms with Gasteiger partial charge in [0.1, 0.15) is 12.6 Å². The van der Waals surface area contributed by atoms with Crippen molar-refractivity contribution < 1.29 is 14.3 Å². The SMILES string of the molecule is O=C(NCCCCl)C1CCCN1C(=O)OCc1ccccc1. The predicted molar refractivity (Wildman–Crippen MR) is 84.7 cm³/mol. The number of likely N-dealkylation sites (tertiary alicyclic amines) is 1. The molecule has 2 amide bonds. The Morgan fingerprint density at radius 3 is 2.82 bits per heavy atom. The molecular weight excluding hydrogens is 304 g/mol. The first-order valence-corrected chi connectivity index (χ1v) is 8.07. The van der Waals surface area contributed by atoms with Gasteiger partial charge in [-0.2, -0.15) is 0 Å². The van der Waals surface area contributed by atoms with Gasteiger partial charge in [-0.1, -0.05) is 30.3 Å². The van der Waals surface area contributed by atoms with E-state index >= 15 is 0 Å². The number of alkyl halides is 1. The van der Waals surface area contributed by atoms with Crippen molar-refractivity contribution >= 4 is 23.6 Å². The summed E-state index contributed by atoms with van der Waals surface area (Å²) in [5.41, 5.74) is 0.929. The fourth-order valence-corrected chi connectivity index (χ4v) is 2.59. The standard InChI is InChI=1S/C16H21ClN2O3/c17-9-5-10-18-15(20)14-8-4-11-19(14)16(21)22-12-13-6-2-1-3-7-13/h1-3,6-7,14H,4-5,8-12H2,(H,18,20). The molecular formula is C16H21ClN2O3. The molecule has 2 rings (SSSR count). The van der Waals surface area contributed by atoms with E-state index in [4.69, 9.17) is 16.3 Å². The van der Waals surface area contributed by atoms with Gasteiger partial charge in [0.05, 0.1) is 0 Å². The Morgan fingerprint density at radius 1 is 1.32 bits per heavy atom. The largest absolute Gasteiger partial charge is 0.445 e. The molecule has 120 valence electrons. The van der Waals surface area contributed by atoms with Crippen molar-refractivity contribution in [3.05, 3.63) is 35.9 Å². The minimum absolute atomic E-state index is 0.126. The first-order chi connectivity index (χ1) is 10.7. The number of carbonyl (C=O) groups excluding carboxylic acids is 2. The fourth-order valence-electron chi connectivity index (χ4n) is 2.46. The van der Waals surface area contributed by atoms with E-state index in [9.17, 15) is 9.59 Å². The first-order valence-electron chi connectivity index (χ1n) is 7.53. The van der Waals surface area contributed by atoms with E-state index in [2.05, 4.69) is 5.32 Å². The average Bonchev–Trinajstić information content (AvgIpc) is 3.03. The lowest BCUT2D eigenvalue weighted by molar-refractivity contribution is -0.125. The smallest absolute Gasteiger partial charge is 0.410 e. The van der Waals surface area contributed by atoms with Crippen LogP contribution in [-0.2, 0) is 16.1 Å². The van der Waals surface area contributed by atoms with Gasteiger partial charge in [0.2, 0.25) is 5.91 Å². The summed E-state index contributed by atoms with van der Waals surface area (Å²) in [6, 6.07) is 9.06. The first kappa shape index (κ1) is 16.6. The van der Waals surface area contributed by atoms with Crippen LogP contribution in [0.25, 0.3) is 0 Å². The Kier molecular flexibility index (Phi) is 6.52. The average molecular weight is 325 g/mol. The van der Waals surface area contributed by atoms with Crippen LogP contribution < -0.4 is 5.32 Å². The second kappa shape index (κ2) is 8.63. The molecule has 1 aliphatic rings. The molecule has 0 spiro atoms. The van der Waals surface area contributed by atoms with Gasteiger partial charge >= 0.3 is 6.09 Å². The van der Waals surface area contributed by atoms with Crippen molar-refractivity contribution in [2.24, 2.45) is 0 Å². The second-order valence-corrected chi connectivity index (χ2v) is 5.60. The molecule has 1 fully saturated rings. The second-order valence-electron chi connectivity index (χ2n) is 5.23. The number of halogens is 1. The van der Waals surface area contributed by atoms with Crippen molar-refractivity contribution in [1.82, 2.24) is 10.2 Å². The summed E-state index contributed by atoms with van der Waals surface area (Å²) in [5, 5.41) is 2.81. The van der Waals surface area contributed by atoms with E-state index < -0.39 is 12.1 Å². The Bertz CT molecular complexity index is 495. The van der Waals surface area contributed by atoms with E-state index in [1.807, 2.05) is 30.3 Å². The van der Waals surface area contributed by atoms with Gasteiger partial charge in [-0.05, 0) is 24.8 Å². The molecule has 1 aromatic rings. The van der Waals surface area contributed by atoms with E-state index in [0.29, 0.717) is 25.4 Å². The van der Waals surface area contributed by atoms with Gasteiger partial charge in [-0.3, -0.25) is 9.69 Å². The molecule has 1 heterocycles. The predicted octanol–water partition coefficient (Wildman–Crippen LogP) is 2.53. The summed E-state index contributed by atoms with van der Waals surface area (Å²) in [4.78, 5) is 25.8. The Hall–Kier alpha value is -1.75. The summed E-state index contributed by atoms with van der Waals surface area (Å²) in [7, 11) is 0. The number of nitrogens with zero attached hydrogens (tertiary/aromatic N) is 1. The van der Waals surface area contributed by atoms with Crippen LogP contribution in [0.5, 0.6) is 0 Å². The number of amides is 2. The van der Waals surface area contributed by atoms with Crippen LogP contribution in [0.1, 0.15) is 24.8 Å². The zero-order valence-corrected chi connectivity index (χ0v) is 13.2. The maximum atomic E-state index is 12.2. The molecule has 1 N–H and O–H groups in total. The third-order valence-electron chi connectivity index (χ3n) is 3.60. The maximum Gasteiger partial charge on any atom is 0.410 e. The lowest BCUT2D eigenvalue weighted by atomic mass is 10.2. The van der Waals surface area contributed by atoms with Crippen molar-refractivity contribution in [1.29, 1.82) is 0 Å². The van der Waals surface area contributed by atoms with Gasteiger partial charge in [0.25, 0.3) is 0 Å². The Balaban J connectivity index is 1.84. The fraction of sp³-hybridized carbons (Fsp3) is 0.500. The number of benzene rings is 1. The van der Waals surface area contributed by atoms with Crippen molar-refractivity contribution in [2.75, 3.05) is 19.0 Å². The van der Waals surface area contributed by atoms with Gasteiger partial charge in [0, 0.05) is 19.0 Å². The van der Waals surface area contributed by atoms with Crippen molar-refractivity contribution in [3.63, 3.8) is 0 Å². The summed E-state index contributed by atoms with van der Waals surface area (Å²) in [5.74, 6) is 0.382. The highest BCUT2D eigenvalue weighted by Crippen LogP contribution is 2.19. The van der Waals surface area contributed by atoms with Crippen LogP contribution >= 0.6 is 11.6 Å². The molecule has 1 saturated heterocycles. The van der Waals surface area contributed by atoms with Crippen LogP contribution in [-0.4, -0.2) is 41.9 Å². The molecule has 1 unspecified atom stereocenters. The molecule has 1 aromatic carbocycles. The van der Waals surface area contributed by atoms with E-state index in [1.165, 1.54) is 4.90 Å². The lowest BCUT2D eigenvalue weighted by Gasteiger charge is -2.23. The van der Waals surface area contributed by atoms with Crippen molar-refractivity contribution in [3.8, 4) is 0 Å². The zero-order chi connectivity index (χ0) is 15.8. The van der Waals surface area contributed by atoms with Gasteiger partial charge in [-0.15, -0.1) is 11.6 Å². The number of nitrogens with one attached hydrogen (secondary N) is 1. The molecule has 6 heteroatoms. The Morgan fingerprint density at radius 2 is 2.09 bits per heavy atom. The molecule has 0 radical (unpaired) electrons. The molecule has 0 aromatic heterocycles. The third kappa shape index (κ3) is 4.63. The Labute approximate surface area is 135 Å². The monoisotopic (exact) mass is 324 g/mol. The highest BCUT2D eigenvalue weighted by molar-refractivity contribution is 6.17. The quantitative estimate of drug-likeness (QED) is 0.646. The minimum Gasteiger partial charge on any atom is -0.445 e. The maximum absolute atomic E-state index is 12.2. The molecule has 22 heavy (non-hydrogen) atoms. The minimum atomic E-state index is -0.432. The number of carbonyl (C=O) groups is 2. The topological polar surface area (TPSA) is 58.6 Å². The van der Waals surface area contributed by atoms with Crippen LogP contribution in [0.4, 0.5) is 4.79 Å². The zero-order valence-electron chi connectivity index (χ0n) is 12.5. The van der Waals surface area contributed by atoms with Crippen LogP contribution in [0.3, 0.4) is 0 Å². The summed E-state index contributed by atoms with van der Waals surface area (Å²) >= 11 is 5.59. The van der Waals surface area contributed by atoms with E-state index in [-0.39, 0.29) is 12.5 Å². The molecule has 0 aliphatic carbocycles. The van der Waals surface area contributed by atoms with Crippen molar-refractivity contribution in [2.45, 2.75) is 31.9 Å². The summed E-state index contributed by atoms with van der Waals surface area (Å²) in [6.45, 7) is 1.31. The van der Waals surface area contributed by atoms with Gasteiger partial charge in [-0.25, -0.2) is 4.79 Å². The third-order valence-corrected chi connectivity index (χ3v) is 3.87. The highest BCUT2D eigenvalue weighted by Gasteiger charge is 2.34. The number of hydrogen-bond donors (Lipinski definition) is 1. The summed E-state index contributed by atoms with van der Waals surface area (Å²) in [6.07, 6.45) is 1.78. The van der Waals surface area contributed by atoms with Gasteiger partial charge < -0.3 is 10.1 Å². The highest BCUT2D eigenvalue weighted by atomic mass is 35.5. The molecule has 1 aliphatic heterocycles. The number of rotatable bonds is 6.